The van der Waals surface area contributed by atoms with Gasteiger partial charge in [0.25, 0.3) is 0 Å². The Balaban J connectivity index is 3.00. The van der Waals surface area contributed by atoms with Crippen molar-refractivity contribution < 1.29 is 9.57 Å². The lowest BCUT2D eigenvalue weighted by atomic mass is 10.3. The molecule has 1 aromatic rings. The first-order valence-electron chi connectivity index (χ1n) is 3.94. The van der Waals surface area contributed by atoms with Crippen LogP contribution in [0.15, 0.2) is 17.3 Å². The zero-order valence-electron chi connectivity index (χ0n) is 8.05. The molecule has 6 heteroatoms. The van der Waals surface area contributed by atoms with Crippen LogP contribution in [-0.2, 0) is 4.84 Å². The van der Waals surface area contributed by atoms with Gasteiger partial charge in [0.05, 0.1) is 10.0 Å². The van der Waals surface area contributed by atoms with Crippen LogP contribution in [0.4, 0.5) is 0 Å². The largest absolute Gasteiger partial charge is 0.437 e. The first-order valence-corrected chi connectivity index (χ1v) is 5.08. The molecule has 0 N–H and O–H groups in total. The zero-order chi connectivity index (χ0) is 11.4. The highest BCUT2D eigenvalue weighted by Gasteiger charge is 2.10. The molecule has 0 fully saturated rings. The lowest BCUT2D eigenvalue weighted by Gasteiger charge is -2.08. The molecule has 0 amide bonds. The lowest BCUT2D eigenvalue weighted by Crippen LogP contribution is -2.04. The number of halogens is 3. The maximum Gasteiger partial charge on any atom is 0.228 e. The second-order valence-electron chi connectivity index (χ2n) is 2.59. The maximum absolute atomic E-state index is 5.89. The summed E-state index contributed by atoms with van der Waals surface area (Å²) in [6, 6.07) is 3.06. The van der Waals surface area contributed by atoms with Gasteiger partial charge in [-0.25, -0.2) is 0 Å². The van der Waals surface area contributed by atoms with Crippen molar-refractivity contribution in [2.45, 2.75) is 6.92 Å². The van der Waals surface area contributed by atoms with Crippen LogP contribution >= 0.6 is 34.8 Å². The monoisotopic (exact) mass is 267 g/mol. The molecule has 0 aliphatic heterocycles. The van der Waals surface area contributed by atoms with Gasteiger partial charge in [-0.15, -0.1) is 0 Å². The van der Waals surface area contributed by atoms with Gasteiger partial charge in [-0.2, -0.15) is 0 Å². The third-order valence-electron chi connectivity index (χ3n) is 1.43. The van der Waals surface area contributed by atoms with Gasteiger partial charge in [0.15, 0.2) is 5.75 Å². The van der Waals surface area contributed by atoms with E-state index in [2.05, 4.69) is 9.99 Å². The molecule has 0 saturated carbocycles. The lowest BCUT2D eigenvalue weighted by molar-refractivity contribution is 0.205. The third kappa shape index (κ3) is 3.45. The number of nitrogens with zero attached hydrogens (tertiary/aromatic N) is 1. The van der Waals surface area contributed by atoms with Crippen LogP contribution in [0.1, 0.15) is 6.92 Å². The fourth-order valence-electron chi connectivity index (χ4n) is 0.921. The maximum atomic E-state index is 5.89. The predicted molar refractivity (Wildman–Crippen MR) is 62.2 cm³/mol. The van der Waals surface area contributed by atoms with E-state index in [4.69, 9.17) is 39.5 Å². The van der Waals surface area contributed by atoms with Crippen molar-refractivity contribution in [1.29, 1.82) is 0 Å². The SMILES string of the molecule is CON=C(C)Oc1c(Cl)cc(Cl)cc1Cl. The van der Waals surface area contributed by atoms with E-state index in [1.807, 2.05) is 0 Å². The topological polar surface area (TPSA) is 30.8 Å². The predicted octanol–water partition coefficient (Wildman–Crippen LogP) is 4.01. The Morgan fingerprint density at radius 2 is 1.73 bits per heavy atom. The molecule has 0 unspecified atom stereocenters. The molecular weight excluding hydrogens is 260 g/mol. The summed E-state index contributed by atoms with van der Waals surface area (Å²) in [6.45, 7) is 1.62. The van der Waals surface area contributed by atoms with E-state index in [1.165, 1.54) is 19.2 Å². The molecule has 0 aromatic heterocycles. The summed E-state index contributed by atoms with van der Waals surface area (Å²) >= 11 is 17.5. The van der Waals surface area contributed by atoms with Crippen molar-refractivity contribution in [1.82, 2.24) is 0 Å². The molecular formula is C9H8Cl3NO2. The second kappa shape index (κ2) is 5.45. The standard InChI is InChI=1S/C9H8Cl3NO2/c1-5(13-14-2)15-9-7(11)3-6(10)4-8(9)12/h3-4H,1-2H3. The average molecular weight is 269 g/mol. The molecule has 1 rings (SSSR count). The van der Waals surface area contributed by atoms with Gasteiger partial charge in [0.1, 0.15) is 7.11 Å². The van der Waals surface area contributed by atoms with Crippen molar-refractivity contribution in [2.24, 2.45) is 5.16 Å². The Hall–Kier alpha value is -0.640. The summed E-state index contributed by atoms with van der Waals surface area (Å²) < 4.78 is 5.27. The van der Waals surface area contributed by atoms with Crippen LogP contribution in [0.3, 0.4) is 0 Å². The van der Waals surface area contributed by atoms with Gasteiger partial charge < -0.3 is 9.57 Å². The molecule has 0 saturated heterocycles. The van der Waals surface area contributed by atoms with Gasteiger partial charge >= 0.3 is 0 Å². The molecule has 15 heavy (non-hydrogen) atoms. The molecule has 1 aromatic carbocycles. The van der Waals surface area contributed by atoms with Gasteiger partial charge in [0, 0.05) is 11.9 Å². The van der Waals surface area contributed by atoms with Crippen LogP contribution < -0.4 is 4.74 Å². The summed E-state index contributed by atoms with van der Waals surface area (Å²) in [5.74, 6) is 0.602. The summed E-state index contributed by atoms with van der Waals surface area (Å²) in [7, 11) is 1.41. The normalized spacial score (nSPS) is 11.4. The van der Waals surface area contributed by atoms with E-state index in [1.54, 1.807) is 6.92 Å². The molecule has 0 atom stereocenters. The van der Waals surface area contributed by atoms with E-state index < -0.39 is 0 Å². The number of ether oxygens (including phenoxy) is 1. The summed E-state index contributed by atoms with van der Waals surface area (Å²) in [4.78, 5) is 4.53. The van der Waals surface area contributed by atoms with E-state index in [-0.39, 0.29) is 0 Å². The Morgan fingerprint density at radius 1 is 1.20 bits per heavy atom. The van der Waals surface area contributed by atoms with Gasteiger partial charge in [-0.1, -0.05) is 40.0 Å². The summed E-state index contributed by atoms with van der Waals surface area (Å²) in [5.41, 5.74) is 0. The Morgan fingerprint density at radius 3 is 2.20 bits per heavy atom. The molecule has 0 heterocycles. The van der Waals surface area contributed by atoms with E-state index in [0.717, 1.165) is 0 Å². The van der Waals surface area contributed by atoms with Gasteiger partial charge in [-0.3, -0.25) is 0 Å². The number of rotatable bonds is 2. The van der Waals surface area contributed by atoms with E-state index in [0.29, 0.717) is 26.7 Å². The minimum Gasteiger partial charge on any atom is -0.437 e. The first kappa shape index (κ1) is 12.4. The minimum atomic E-state index is 0.295. The number of hydrogen-bond acceptors (Lipinski definition) is 3. The zero-order valence-corrected chi connectivity index (χ0v) is 10.3. The van der Waals surface area contributed by atoms with Crippen molar-refractivity contribution in [2.75, 3.05) is 7.11 Å². The van der Waals surface area contributed by atoms with Crippen molar-refractivity contribution in [3.8, 4) is 5.75 Å². The molecule has 0 aliphatic carbocycles. The van der Waals surface area contributed by atoms with Crippen LogP contribution in [0.2, 0.25) is 15.1 Å². The highest BCUT2D eigenvalue weighted by Crippen LogP contribution is 2.35. The molecule has 0 bridgehead atoms. The molecule has 0 radical (unpaired) electrons. The van der Waals surface area contributed by atoms with E-state index in [9.17, 15) is 0 Å². The highest BCUT2D eigenvalue weighted by atomic mass is 35.5. The highest BCUT2D eigenvalue weighted by molar-refractivity contribution is 6.40. The second-order valence-corrected chi connectivity index (χ2v) is 3.84. The van der Waals surface area contributed by atoms with Crippen LogP contribution in [0, 0.1) is 0 Å². The molecule has 82 valence electrons. The third-order valence-corrected chi connectivity index (χ3v) is 2.21. The average Bonchev–Trinajstić information content (AvgIpc) is 2.11. The smallest absolute Gasteiger partial charge is 0.228 e. The number of benzene rings is 1. The fourth-order valence-corrected chi connectivity index (χ4v) is 1.82. The van der Waals surface area contributed by atoms with Crippen LogP contribution in [0.25, 0.3) is 0 Å². The first-order chi connectivity index (χ1) is 7.04. The summed E-state index contributed by atoms with van der Waals surface area (Å²) in [6.07, 6.45) is 0. The number of hydrogen-bond donors (Lipinski definition) is 0. The van der Waals surface area contributed by atoms with Crippen LogP contribution in [-0.4, -0.2) is 13.0 Å². The van der Waals surface area contributed by atoms with Crippen molar-refractivity contribution >= 4 is 40.7 Å². The van der Waals surface area contributed by atoms with Crippen LogP contribution in [0.5, 0.6) is 5.75 Å². The van der Waals surface area contributed by atoms with E-state index >= 15 is 0 Å². The quantitative estimate of drug-likeness (QED) is 0.461. The molecule has 0 spiro atoms. The minimum absolute atomic E-state index is 0.295. The Kier molecular flexibility index (Phi) is 4.51. The van der Waals surface area contributed by atoms with Gasteiger partial charge in [-0.05, 0) is 12.1 Å². The van der Waals surface area contributed by atoms with Crippen molar-refractivity contribution in [3.05, 3.63) is 27.2 Å². The Labute approximate surface area is 103 Å². The number of oxime groups is 1. The molecule has 3 nitrogen and oxygen atoms in total. The molecule has 0 aliphatic rings. The Bertz CT molecular complexity index is 370. The fraction of sp³-hybridized carbons (Fsp3) is 0.222. The summed E-state index contributed by atoms with van der Waals surface area (Å²) in [5, 5.41) is 4.65. The van der Waals surface area contributed by atoms with Gasteiger partial charge in [0.2, 0.25) is 5.90 Å². The van der Waals surface area contributed by atoms with Crippen molar-refractivity contribution in [3.63, 3.8) is 0 Å².